The normalized spacial score (nSPS) is 11.0. The standard InChI is InChI=1S/C22H24O3/c1-3-4-5-8-13-24-22(23)25-21-19-10-7-6-9-17(19)15-18-12-11-16(2)14-20(18)21/h6-7,9-12,14-15H,3-5,8,13H2,1-2H3. The molecule has 0 saturated heterocycles. The fourth-order valence-electron chi connectivity index (χ4n) is 3.04. The van der Waals surface area contributed by atoms with E-state index in [0.29, 0.717) is 12.4 Å². The summed E-state index contributed by atoms with van der Waals surface area (Å²) in [6.45, 7) is 4.59. The third-order valence-corrected chi connectivity index (χ3v) is 4.37. The Morgan fingerprint density at radius 2 is 1.72 bits per heavy atom. The molecule has 0 fully saturated rings. The number of carbonyl (C=O) groups is 1. The lowest BCUT2D eigenvalue weighted by molar-refractivity contribution is 0.0983. The number of fused-ring (bicyclic) bond motifs is 2. The molecule has 0 aliphatic carbocycles. The molecule has 3 aromatic rings. The van der Waals surface area contributed by atoms with Gasteiger partial charge in [-0.1, -0.05) is 68.1 Å². The molecule has 3 heteroatoms. The highest BCUT2D eigenvalue weighted by molar-refractivity contribution is 6.06. The molecule has 25 heavy (non-hydrogen) atoms. The first-order valence-corrected chi connectivity index (χ1v) is 8.96. The minimum atomic E-state index is -0.629. The molecule has 0 amide bonds. The topological polar surface area (TPSA) is 35.5 Å². The van der Waals surface area contributed by atoms with Gasteiger partial charge in [0, 0.05) is 10.8 Å². The molecule has 3 rings (SSSR count). The molecule has 0 aromatic heterocycles. The van der Waals surface area contributed by atoms with Crippen molar-refractivity contribution in [1.29, 1.82) is 0 Å². The summed E-state index contributed by atoms with van der Waals surface area (Å²) < 4.78 is 10.9. The van der Waals surface area contributed by atoms with Gasteiger partial charge in [0.1, 0.15) is 5.75 Å². The van der Waals surface area contributed by atoms with Crippen LogP contribution in [0.5, 0.6) is 5.75 Å². The first-order chi connectivity index (χ1) is 12.2. The summed E-state index contributed by atoms with van der Waals surface area (Å²) in [7, 11) is 0. The maximum atomic E-state index is 12.2. The zero-order valence-electron chi connectivity index (χ0n) is 14.9. The van der Waals surface area contributed by atoms with Crippen molar-refractivity contribution >= 4 is 27.7 Å². The highest BCUT2D eigenvalue weighted by atomic mass is 16.7. The highest BCUT2D eigenvalue weighted by Crippen LogP contribution is 2.35. The molecule has 0 atom stereocenters. The number of ether oxygens (including phenoxy) is 2. The Hall–Kier alpha value is -2.55. The van der Waals surface area contributed by atoms with Gasteiger partial charge in [0.05, 0.1) is 6.61 Å². The van der Waals surface area contributed by atoms with Crippen molar-refractivity contribution in [1.82, 2.24) is 0 Å². The number of rotatable bonds is 6. The molecular formula is C22H24O3. The Bertz CT molecular complexity index is 883. The average molecular weight is 336 g/mol. The van der Waals surface area contributed by atoms with E-state index >= 15 is 0 Å². The number of hydrogen-bond acceptors (Lipinski definition) is 3. The molecule has 0 saturated carbocycles. The van der Waals surface area contributed by atoms with E-state index in [-0.39, 0.29) is 0 Å². The summed E-state index contributed by atoms with van der Waals surface area (Å²) in [6, 6.07) is 16.2. The SMILES string of the molecule is CCCCCCOC(=O)Oc1c2ccccc2cc2ccc(C)cc12. The Morgan fingerprint density at radius 3 is 2.56 bits per heavy atom. The molecule has 0 bridgehead atoms. The minimum Gasteiger partial charge on any atom is -0.434 e. The molecule has 0 unspecified atom stereocenters. The van der Waals surface area contributed by atoms with Gasteiger partial charge in [0.2, 0.25) is 0 Å². The van der Waals surface area contributed by atoms with Gasteiger partial charge in [-0.15, -0.1) is 0 Å². The van der Waals surface area contributed by atoms with Crippen molar-refractivity contribution in [3.05, 3.63) is 54.1 Å². The van der Waals surface area contributed by atoms with Crippen LogP contribution >= 0.6 is 0 Å². The van der Waals surface area contributed by atoms with E-state index in [2.05, 4.69) is 25.1 Å². The monoisotopic (exact) mass is 336 g/mol. The summed E-state index contributed by atoms with van der Waals surface area (Å²) >= 11 is 0. The Labute approximate surface area is 148 Å². The summed E-state index contributed by atoms with van der Waals surface area (Å²) in [5.41, 5.74) is 1.13. The van der Waals surface area contributed by atoms with E-state index in [1.807, 2.05) is 37.3 Å². The quantitative estimate of drug-likeness (QED) is 0.226. The zero-order valence-corrected chi connectivity index (χ0v) is 14.9. The molecule has 130 valence electrons. The van der Waals surface area contributed by atoms with Gasteiger partial charge < -0.3 is 9.47 Å². The van der Waals surface area contributed by atoms with Crippen molar-refractivity contribution in [3.8, 4) is 5.75 Å². The average Bonchev–Trinajstić information content (AvgIpc) is 2.62. The Kier molecular flexibility index (Phi) is 5.54. The number of unbranched alkanes of at least 4 members (excludes halogenated alkanes) is 3. The van der Waals surface area contributed by atoms with Crippen molar-refractivity contribution in [2.45, 2.75) is 39.5 Å². The molecule has 3 nitrogen and oxygen atoms in total. The summed E-state index contributed by atoms with van der Waals surface area (Å²) in [5, 5.41) is 3.95. The molecule has 0 heterocycles. The van der Waals surface area contributed by atoms with Gasteiger partial charge >= 0.3 is 6.16 Å². The van der Waals surface area contributed by atoms with Gasteiger partial charge in [-0.3, -0.25) is 0 Å². The fourth-order valence-corrected chi connectivity index (χ4v) is 3.04. The van der Waals surface area contributed by atoms with Gasteiger partial charge in [-0.2, -0.15) is 0 Å². The van der Waals surface area contributed by atoms with Crippen LogP contribution in [0.2, 0.25) is 0 Å². The van der Waals surface area contributed by atoms with Crippen molar-refractivity contribution < 1.29 is 14.3 Å². The van der Waals surface area contributed by atoms with Crippen LogP contribution in [0.1, 0.15) is 38.2 Å². The first-order valence-electron chi connectivity index (χ1n) is 8.96. The molecule has 0 spiro atoms. The first kappa shape index (κ1) is 17.3. The van der Waals surface area contributed by atoms with Crippen LogP contribution in [0.25, 0.3) is 21.5 Å². The number of benzene rings is 3. The predicted molar refractivity (Wildman–Crippen MR) is 102 cm³/mol. The molecule has 3 aromatic carbocycles. The number of aryl methyl sites for hydroxylation is 1. The molecule has 0 N–H and O–H groups in total. The van der Waals surface area contributed by atoms with Gasteiger partial charge in [0.15, 0.2) is 0 Å². The number of hydrogen-bond donors (Lipinski definition) is 0. The molecular weight excluding hydrogens is 312 g/mol. The second-order valence-corrected chi connectivity index (χ2v) is 6.41. The predicted octanol–water partition coefficient (Wildman–Crippen LogP) is 6.40. The Morgan fingerprint density at radius 1 is 0.920 bits per heavy atom. The van der Waals surface area contributed by atoms with Crippen LogP contribution in [0.3, 0.4) is 0 Å². The van der Waals surface area contributed by atoms with E-state index in [9.17, 15) is 4.79 Å². The van der Waals surface area contributed by atoms with E-state index < -0.39 is 6.16 Å². The molecule has 0 aliphatic heterocycles. The van der Waals surface area contributed by atoms with E-state index in [0.717, 1.165) is 52.8 Å². The maximum Gasteiger partial charge on any atom is 0.513 e. The van der Waals surface area contributed by atoms with Gasteiger partial charge in [-0.25, -0.2) is 4.79 Å². The Balaban J connectivity index is 1.87. The van der Waals surface area contributed by atoms with Crippen LogP contribution in [0.4, 0.5) is 4.79 Å². The van der Waals surface area contributed by atoms with Crippen LogP contribution in [-0.4, -0.2) is 12.8 Å². The highest BCUT2D eigenvalue weighted by Gasteiger charge is 2.14. The van der Waals surface area contributed by atoms with Crippen molar-refractivity contribution in [2.75, 3.05) is 6.61 Å². The fraction of sp³-hybridized carbons (Fsp3) is 0.318. The smallest absolute Gasteiger partial charge is 0.434 e. The van der Waals surface area contributed by atoms with E-state index in [1.165, 1.54) is 0 Å². The molecule has 0 radical (unpaired) electrons. The zero-order chi connectivity index (χ0) is 17.6. The largest absolute Gasteiger partial charge is 0.513 e. The lowest BCUT2D eigenvalue weighted by Crippen LogP contribution is -2.12. The number of carbonyl (C=O) groups excluding carboxylic acids is 1. The third kappa shape index (κ3) is 4.11. The lowest BCUT2D eigenvalue weighted by atomic mass is 10.0. The van der Waals surface area contributed by atoms with E-state index in [4.69, 9.17) is 9.47 Å². The van der Waals surface area contributed by atoms with Crippen LogP contribution in [-0.2, 0) is 4.74 Å². The summed E-state index contributed by atoms with van der Waals surface area (Å²) in [6.07, 6.45) is 3.63. The third-order valence-electron chi connectivity index (χ3n) is 4.37. The van der Waals surface area contributed by atoms with Gasteiger partial charge in [-0.05, 0) is 36.2 Å². The van der Waals surface area contributed by atoms with Crippen molar-refractivity contribution in [2.24, 2.45) is 0 Å². The summed E-state index contributed by atoms with van der Waals surface area (Å²) in [4.78, 5) is 12.2. The lowest BCUT2D eigenvalue weighted by Gasteiger charge is -2.12. The van der Waals surface area contributed by atoms with Crippen LogP contribution < -0.4 is 4.74 Å². The van der Waals surface area contributed by atoms with Crippen molar-refractivity contribution in [3.63, 3.8) is 0 Å². The second kappa shape index (κ2) is 8.02. The van der Waals surface area contributed by atoms with E-state index in [1.54, 1.807) is 0 Å². The maximum absolute atomic E-state index is 12.2. The minimum absolute atomic E-state index is 0.403. The molecule has 0 aliphatic rings. The summed E-state index contributed by atoms with van der Waals surface area (Å²) in [5.74, 6) is 0.579. The van der Waals surface area contributed by atoms with Crippen LogP contribution in [0.15, 0.2) is 48.5 Å². The second-order valence-electron chi connectivity index (χ2n) is 6.41. The van der Waals surface area contributed by atoms with Crippen LogP contribution in [0, 0.1) is 6.92 Å². The van der Waals surface area contributed by atoms with Gasteiger partial charge in [0.25, 0.3) is 0 Å².